The zero-order valence-electron chi connectivity index (χ0n) is 16.5. The number of methoxy groups -OCH3 is 1. The van der Waals surface area contributed by atoms with Crippen LogP contribution >= 0.6 is 0 Å². The van der Waals surface area contributed by atoms with Gasteiger partial charge < -0.3 is 25.1 Å². The lowest BCUT2D eigenvalue weighted by Gasteiger charge is -2.17. The summed E-state index contributed by atoms with van der Waals surface area (Å²) in [4.78, 5) is 19.0. The Bertz CT molecular complexity index is 798. The van der Waals surface area contributed by atoms with Crippen LogP contribution in [-0.2, 0) is 0 Å². The van der Waals surface area contributed by atoms with Crippen LogP contribution in [0.15, 0.2) is 18.2 Å². The number of fused-ring (bicyclic) bond motifs is 1. The fourth-order valence-electron chi connectivity index (χ4n) is 2.88. The summed E-state index contributed by atoms with van der Waals surface area (Å²) >= 11 is 0. The summed E-state index contributed by atoms with van der Waals surface area (Å²) in [6.45, 7) is 7.89. The summed E-state index contributed by atoms with van der Waals surface area (Å²) in [6, 6.07) is 5.34. The number of nitrogens with one attached hydrogen (secondary N) is 2. The Morgan fingerprint density at radius 2 is 1.93 bits per heavy atom. The van der Waals surface area contributed by atoms with Gasteiger partial charge in [-0.05, 0) is 37.7 Å². The molecule has 0 spiro atoms. The fraction of sp³-hybridized carbons (Fsp3) is 0.474. The van der Waals surface area contributed by atoms with Gasteiger partial charge >= 0.3 is 0 Å². The second-order valence-electron chi connectivity index (χ2n) is 6.22. The molecule has 0 aliphatic rings. The number of carbonyl (C=O) groups excluding carboxylic acids is 1. The quantitative estimate of drug-likeness (QED) is 0.354. The first-order valence-corrected chi connectivity index (χ1v) is 9.09. The molecule has 2 rings (SSSR count). The standard InChI is InChI=1S/C19H29N5O3/c1-5-24(6-2)10-7-11-27-16-9-8-15(26-4)13-12-14(22-17(13)16)18(25)23(3)19(20)21/h8-9,12,22H,5-7,10-11H2,1-4H3,(H3,20,21). The van der Waals surface area contributed by atoms with E-state index < -0.39 is 5.91 Å². The van der Waals surface area contributed by atoms with Crippen molar-refractivity contribution in [2.45, 2.75) is 20.3 Å². The van der Waals surface area contributed by atoms with Gasteiger partial charge in [-0.15, -0.1) is 0 Å². The third-order valence-corrected chi connectivity index (χ3v) is 4.60. The van der Waals surface area contributed by atoms with Gasteiger partial charge in [-0.3, -0.25) is 15.1 Å². The van der Waals surface area contributed by atoms with Crippen LogP contribution < -0.4 is 15.2 Å². The zero-order valence-corrected chi connectivity index (χ0v) is 16.5. The van der Waals surface area contributed by atoms with Crippen molar-refractivity contribution in [3.8, 4) is 11.5 Å². The highest BCUT2D eigenvalue weighted by Gasteiger charge is 2.19. The molecule has 0 saturated heterocycles. The van der Waals surface area contributed by atoms with Crippen LogP contribution in [-0.4, -0.2) is 67.0 Å². The maximum Gasteiger partial charge on any atom is 0.276 e. The minimum atomic E-state index is -0.395. The molecule has 0 radical (unpaired) electrons. The van der Waals surface area contributed by atoms with E-state index in [0.717, 1.165) is 36.3 Å². The summed E-state index contributed by atoms with van der Waals surface area (Å²) in [5, 5.41) is 8.18. The van der Waals surface area contributed by atoms with E-state index in [0.29, 0.717) is 29.3 Å². The van der Waals surface area contributed by atoms with Gasteiger partial charge in [-0.2, -0.15) is 0 Å². The minimum absolute atomic E-state index is 0.320. The molecular formula is C19H29N5O3. The third kappa shape index (κ3) is 4.71. The first kappa shape index (κ1) is 20.6. The summed E-state index contributed by atoms with van der Waals surface area (Å²) in [5.41, 5.74) is 6.42. The van der Waals surface area contributed by atoms with Crippen molar-refractivity contribution in [2.75, 3.05) is 40.4 Å². The molecule has 0 aliphatic carbocycles. The Labute approximate surface area is 159 Å². The van der Waals surface area contributed by atoms with Crippen molar-refractivity contribution in [2.24, 2.45) is 5.73 Å². The van der Waals surface area contributed by atoms with Gasteiger partial charge in [0.25, 0.3) is 5.91 Å². The highest BCUT2D eigenvalue weighted by atomic mass is 16.5. The number of nitrogens with zero attached hydrogens (tertiary/aromatic N) is 2. The van der Waals surface area contributed by atoms with Crippen LogP contribution in [0.4, 0.5) is 0 Å². The number of carbonyl (C=O) groups is 1. The number of amides is 1. The van der Waals surface area contributed by atoms with Crippen LogP contribution in [0, 0.1) is 5.41 Å². The average molecular weight is 375 g/mol. The Kier molecular flexibility index (Phi) is 7.06. The normalized spacial score (nSPS) is 11.0. The SMILES string of the molecule is CCN(CC)CCCOc1ccc(OC)c2cc(C(=O)N(C)C(=N)N)[nH]c12. The highest BCUT2D eigenvalue weighted by Crippen LogP contribution is 2.33. The minimum Gasteiger partial charge on any atom is -0.496 e. The largest absolute Gasteiger partial charge is 0.496 e. The van der Waals surface area contributed by atoms with Crippen LogP contribution in [0.5, 0.6) is 11.5 Å². The molecule has 1 aromatic heterocycles. The van der Waals surface area contributed by atoms with Crippen LogP contribution in [0.25, 0.3) is 10.9 Å². The van der Waals surface area contributed by atoms with Crippen molar-refractivity contribution in [3.05, 3.63) is 23.9 Å². The van der Waals surface area contributed by atoms with E-state index in [9.17, 15) is 4.79 Å². The van der Waals surface area contributed by atoms with E-state index in [4.69, 9.17) is 20.6 Å². The summed E-state index contributed by atoms with van der Waals surface area (Å²) < 4.78 is 11.3. The molecule has 8 nitrogen and oxygen atoms in total. The first-order chi connectivity index (χ1) is 12.9. The smallest absolute Gasteiger partial charge is 0.276 e. The van der Waals surface area contributed by atoms with Crippen LogP contribution in [0.3, 0.4) is 0 Å². The molecule has 8 heteroatoms. The van der Waals surface area contributed by atoms with E-state index in [-0.39, 0.29) is 5.96 Å². The number of aromatic nitrogens is 1. The number of ether oxygens (including phenoxy) is 2. The molecule has 0 bridgehead atoms. The molecule has 1 aromatic carbocycles. The van der Waals surface area contributed by atoms with Gasteiger partial charge in [0, 0.05) is 19.0 Å². The van der Waals surface area contributed by atoms with Crippen LogP contribution in [0.2, 0.25) is 0 Å². The lowest BCUT2D eigenvalue weighted by atomic mass is 10.2. The second-order valence-corrected chi connectivity index (χ2v) is 6.22. The number of aromatic amines is 1. The molecule has 4 N–H and O–H groups in total. The van der Waals surface area contributed by atoms with E-state index in [1.165, 1.54) is 7.05 Å². The molecule has 0 saturated carbocycles. The third-order valence-electron chi connectivity index (χ3n) is 4.60. The van der Waals surface area contributed by atoms with Crippen LogP contribution in [0.1, 0.15) is 30.8 Å². The summed E-state index contributed by atoms with van der Waals surface area (Å²) in [6.07, 6.45) is 0.911. The second kappa shape index (κ2) is 9.27. The van der Waals surface area contributed by atoms with Gasteiger partial charge in [0.05, 0.1) is 19.2 Å². The van der Waals surface area contributed by atoms with Crippen molar-refractivity contribution >= 4 is 22.8 Å². The number of guanidine groups is 1. The predicted octanol–water partition coefficient (Wildman–Crippen LogP) is 2.25. The maximum absolute atomic E-state index is 12.5. The lowest BCUT2D eigenvalue weighted by Crippen LogP contribution is -2.38. The predicted molar refractivity (Wildman–Crippen MR) is 107 cm³/mol. The molecule has 1 heterocycles. The van der Waals surface area contributed by atoms with Gasteiger partial charge in [-0.1, -0.05) is 13.8 Å². The Morgan fingerprint density at radius 1 is 1.26 bits per heavy atom. The van der Waals surface area contributed by atoms with E-state index >= 15 is 0 Å². The maximum atomic E-state index is 12.5. The molecule has 1 amide bonds. The molecule has 148 valence electrons. The van der Waals surface area contributed by atoms with Gasteiger partial charge in [0.1, 0.15) is 17.2 Å². The Morgan fingerprint density at radius 3 is 2.52 bits per heavy atom. The lowest BCUT2D eigenvalue weighted by molar-refractivity contribution is 0.0864. The van der Waals surface area contributed by atoms with Crippen molar-refractivity contribution in [1.82, 2.24) is 14.8 Å². The number of rotatable bonds is 9. The molecule has 0 aliphatic heterocycles. The Balaban J connectivity index is 2.22. The number of hydrogen-bond acceptors (Lipinski definition) is 5. The Hall–Kier alpha value is -2.74. The first-order valence-electron chi connectivity index (χ1n) is 9.09. The van der Waals surface area contributed by atoms with E-state index in [1.807, 2.05) is 12.1 Å². The molecule has 2 aromatic rings. The summed E-state index contributed by atoms with van der Waals surface area (Å²) in [7, 11) is 3.04. The average Bonchev–Trinajstić information content (AvgIpc) is 3.12. The molecule has 0 fully saturated rings. The monoisotopic (exact) mass is 375 g/mol. The topological polar surface area (TPSA) is 108 Å². The molecule has 27 heavy (non-hydrogen) atoms. The van der Waals surface area contributed by atoms with Crippen molar-refractivity contribution in [3.63, 3.8) is 0 Å². The van der Waals surface area contributed by atoms with Crippen molar-refractivity contribution in [1.29, 1.82) is 5.41 Å². The van der Waals surface area contributed by atoms with E-state index in [2.05, 4.69) is 23.7 Å². The number of hydrogen-bond donors (Lipinski definition) is 3. The highest BCUT2D eigenvalue weighted by molar-refractivity contribution is 6.07. The number of H-pyrrole nitrogens is 1. The molecule has 0 unspecified atom stereocenters. The summed E-state index contributed by atoms with van der Waals surface area (Å²) in [5.74, 6) is 0.586. The van der Waals surface area contributed by atoms with Crippen molar-refractivity contribution < 1.29 is 14.3 Å². The van der Waals surface area contributed by atoms with Gasteiger partial charge in [0.15, 0.2) is 5.96 Å². The van der Waals surface area contributed by atoms with Gasteiger partial charge in [0.2, 0.25) is 0 Å². The number of nitrogens with two attached hydrogens (primary N) is 1. The molecule has 0 atom stereocenters. The zero-order chi connectivity index (χ0) is 20.0. The fourth-order valence-corrected chi connectivity index (χ4v) is 2.88. The van der Waals surface area contributed by atoms with E-state index in [1.54, 1.807) is 13.2 Å². The number of benzene rings is 1. The molecular weight excluding hydrogens is 346 g/mol. The van der Waals surface area contributed by atoms with Gasteiger partial charge in [-0.25, -0.2) is 0 Å².